The second kappa shape index (κ2) is 13.6. The van der Waals surface area contributed by atoms with Crippen LogP contribution in [0.5, 0.6) is 0 Å². The molecule has 0 saturated heterocycles. The van der Waals surface area contributed by atoms with Crippen LogP contribution in [0.2, 0.25) is 0 Å². The summed E-state index contributed by atoms with van der Waals surface area (Å²) in [5.74, 6) is 1.88. The second-order valence-electron chi connectivity index (χ2n) is 16.7. The van der Waals surface area contributed by atoms with Gasteiger partial charge in [-0.15, -0.1) is 0 Å². The van der Waals surface area contributed by atoms with Gasteiger partial charge in [-0.25, -0.2) is 15.0 Å². The van der Waals surface area contributed by atoms with Crippen molar-refractivity contribution < 1.29 is 0 Å². The molecule has 4 nitrogen and oxygen atoms in total. The first-order chi connectivity index (χ1) is 30.0. The Morgan fingerprint density at radius 3 is 1.49 bits per heavy atom. The highest BCUT2D eigenvalue weighted by Crippen LogP contribution is 2.49. The number of nitrogens with zero attached hydrogens (tertiary/aromatic N) is 4. The van der Waals surface area contributed by atoms with Crippen molar-refractivity contribution in [1.29, 1.82) is 0 Å². The van der Waals surface area contributed by atoms with Crippen molar-refractivity contribution in [1.82, 2.24) is 19.9 Å². The van der Waals surface area contributed by atoms with E-state index in [0.29, 0.717) is 17.5 Å². The molecule has 0 atom stereocenters. The van der Waals surface area contributed by atoms with Crippen LogP contribution < -0.4 is 0 Å². The van der Waals surface area contributed by atoms with Crippen molar-refractivity contribution in [3.63, 3.8) is 0 Å². The first kappa shape index (κ1) is 35.2. The fourth-order valence-corrected chi connectivity index (χ4v) is 9.59. The number of hydrogen-bond acceptors (Lipinski definition) is 4. The van der Waals surface area contributed by atoms with Crippen LogP contribution >= 0.6 is 0 Å². The zero-order valence-corrected chi connectivity index (χ0v) is 33.8. The van der Waals surface area contributed by atoms with Gasteiger partial charge in [-0.3, -0.25) is 4.98 Å². The molecule has 9 aromatic carbocycles. The highest BCUT2D eigenvalue weighted by molar-refractivity contribution is 6.25. The third-order valence-corrected chi connectivity index (χ3v) is 12.8. The van der Waals surface area contributed by atoms with Crippen LogP contribution in [0.1, 0.15) is 25.0 Å². The molecule has 0 spiro atoms. The average molecular weight is 779 g/mol. The quantitative estimate of drug-likeness (QED) is 0.158. The summed E-state index contributed by atoms with van der Waals surface area (Å²) in [7, 11) is 0. The van der Waals surface area contributed by atoms with Gasteiger partial charge in [0, 0.05) is 34.5 Å². The molecular weight excluding hydrogens is 741 g/mol. The van der Waals surface area contributed by atoms with Crippen molar-refractivity contribution in [3.8, 4) is 78.7 Å². The maximum absolute atomic E-state index is 5.13. The minimum Gasteiger partial charge on any atom is -0.264 e. The van der Waals surface area contributed by atoms with E-state index in [1.54, 1.807) is 6.20 Å². The van der Waals surface area contributed by atoms with Crippen molar-refractivity contribution in [2.45, 2.75) is 19.3 Å². The number of aromatic nitrogens is 4. The summed E-state index contributed by atoms with van der Waals surface area (Å²) in [5, 5.41) is 7.69. The zero-order valence-electron chi connectivity index (χ0n) is 33.8. The molecule has 1 aliphatic carbocycles. The first-order valence-corrected chi connectivity index (χ1v) is 20.9. The normalized spacial score (nSPS) is 12.9. The van der Waals surface area contributed by atoms with Crippen LogP contribution in [0.15, 0.2) is 194 Å². The molecule has 4 heteroatoms. The van der Waals surface area contributed by atoms with Gasteiger partial charge < -0.3 is 0 Å². The number of hydrogen-bond donors (Lipinski definition) is 0. The van der Waals surface area contributed by atoms with E-state index < -0.39 is 0 Å². The van der Waals surface area contributed by atoms with Crippen molar-refractivity contribution in [2.24, 2.45) is 0 Å². The molecule has 0 aliphatic heterocycles. The Morgan fingerprint density at radius 2 is 0.852 bits per heavy atom. The molecule has 0 amide bonds. The highest BCUT2D eigenvalue weighted by Gasteiger charge is 2.35. The Kier molecular flexibility index (Phi) is 7.85. The average Bonchev–Trinajstić information content (AvgIpc) is 3.56. The molecule has 2 aromatic heterocycles. The Labute approximate surface area is 354 Å². The minimum absolute atomic E-state index is 0.0596. The van der Waals surface area contributed by atoms with Gasteiger partial charge in [0.15, 0.2) is 17.5 Å². The lowest BCUT2D eigenvalue weighted by Crippen LogP contribution is -2.14. The van der Waals surface area contributed by atoms with Gasteiger partial charge in [0.2, 0.25) is 0 Å². The van der Waals surface area contributed by atoms with Crippen molar-refractivity contribution in [3.05, 3.63) is 206 Å². The van der Waals surface area contributed by atoms with Crippen LogP contribution in [0.3, 0.4) is 0 Å². The van der Waals surface area contributed by atoms with Gasteiger partial charge in [-0.1, -0.05) is 184 Å². The largest absolute Gasteiger partial charge is 0.264 e. The summed E-state index contributed by atoms with van der Waals surface area (Å²) < 4.78 is 0. The fraction of sp³-hybridized carbons (Fsp3) is 0.0526. The lowest BCUT2D eigenvalue weighted by molar-refractivity contribution is 0.660. The van der Waals surface area contributed by atoms with E-state index in [2.05, 4.69) is 195 Å². The van der Waals surface area contributed by atoms with Gasteiger partial charge >= 0.3 is 0 Å². The molecule has 12 rings (SSSR count). The van der Waals surface area contributed by atoms with Crippen LogP contribution in [-0.4, -0.2) is 19.9 Å². The summed E-state index contributed by atoms with van der Waals surface area (Å²) >= 11 is 0. The van der Waals surface area contributed by atoms with Crippen molar-refractivity contribution in [2.75, 3.05) is 0 Å². The summed E-state index contributed by atoms with van der Waals surface area (Å²) in [6.07, 6.45) is 3.68. The van der Waals surface area contributed by atoms with E-state index >= 15 is 0 Å². The van der Waals surface area contributed by atoms with Gasteiger partial charge in [0.25, 0.3) is 0 Å². The predicted molar refractivity (Wildman–Crippen MR) is 252 cm³/mol. The summed E-state index contributed by atoms with van der Waals surface area (Å²) in [5.41, 5.74) is 15.0. The minimum atomic E-state index is -0.0596. The van der Waals surface area contributed by atoms with Crippen LogP contribution in [-0.2, 0) is 5.41 Å². The fourth-order valence-electron chi connectivity index (χ4n) is 9.59. The molecule has 0 fully saturated rings. The Bertz CT molecular complexity index is 3450. The summed E-state index contributed by atoms with van der Waals surface area (Å²) in [4.78, 5) is 19.7. The SMILES string of the molecule is CC1(C)c2ccccc2-c2ccc(-c3ccc(-c4nc(-c5ccc(-c6cccnc6)cc5)nc(-c5ccc(-c6ccc7ccc8cccc9ccc6c7c89)cc5)n4)cc3)cc21. The third kappa shape index (κ3) is 5.75. The van der Waals surface area contributed by atoms with Crippen LogP contribution in [0.25, 0.3) is 111 Å². The number of fused-ring (bicyclic) bond motifs is 3. The molecule has 2 heterocycles. The lowest BCUT2D eigenvalue weighted by atomic mass is 9.81. The summed E-state index contributed by atoms with van der Waals surface area (Å²) in [6.45, 7) is 4.65. The molecule has 0 radical (unpaired) electrons. The standard InChI is InChI=1S/C57H38N4/c1-57(2)50-11-4-3-10-47(50)48-30-28-44(33-51(48)57)35-12-20-41(21-13-35)54-59-55(42-22-14-36(15-23-42)45-9-6-32-58-34-45)61-56(60-54)43-24-16-37(17-25-43)46-29-26-40-19-18-38-7-5-8-39-27-31-49(46)53(40)52(38)39/h3-34H,1-2H3. The molecule has 286 valence electrons. The highest BCUT2D eigenvalue weighted by atomic mass is 15.0. The van der Waals surface area contributed by atoms with E-state index in [1.807, 2.05) is 12.3 Å². The maximum Gasteiger partial charge on any atom is 0.164 e. The lowest BCUT2D eigenvalue weighted by Gasteiger charge is -2.22. The second-order valence-corrected chi connectivity index (χ2v) is 16.7. The van der Waals surface area contributed by atoms with Gasteiger partial charge in [0.1, 0.15) is 0 Å². The molecular formula is C57H38N4. The van der Waals surface area contributed by atoms with Crippen LogP contribution in [0, 0.1) is 0 Å². The van der Waals surface area contributed by atoms with Crippen LogP contribution in [0.4, 0.5) is 0 Å². The molecule has 11 aromatic rings. The number of rotatable bonds is 6. The van der Waals surface area contributed by atoms with Crippen molar-refractivity contribution >= 4 is 32.3 Å². The van der Waals surface area contributed by atoms with E-state index in [-0.39, 0.29) is 5.41 Å². The molecule has 0 unspecified atom stereocenters. The van der Waals surface area contributed by atoms with E-state index in [1.165, 1.54) is 65.7 Å². The van der Waals surface area contributed by atoms with Gasteiger partial charge in [0.05, 0.1) is 0 Å². The molecule has 1 aliphatic rings. The molecule has 0 N–H and O–H groups in total. The number of pyridine rings is 1. The predicted octanol–water partition coefficient (Wildman–Crippen LogP) is 14.5. The smallest absolute Gasteiger partial charge is 0.164 e. The molecule has 61 heavy (non-hydrogen) atoms. The molecule has 0 bridgehead atoms. The topological polar surface area (TPSA) is 51.6 Å². The van der Waals surface area contributed by atoms with E-state index in [4.69, 9.17) is 15.0 Å². The van der Waals surface area contributed by atoms with Gasteiger partial charge in [-0.2, -0.15) is 0 Å². The number of benzene rings is 9. The Morgan fingerprint density at radius 1 is 0.344 bits per heavy atom. The van der Waals surface area contributed by atoms with Gasteiger partial charge in [-0.05, 0) is 100 Å². The first-order valence-electron chi connectivity index (χ1n) is 20.9. The summed E-state index contributed by atoms with van der Waals surface area (Å²) in [6, 6.07) is 65.4. The van der Waals surface area contributed by atoms with E-state index in [0.717, 1.165) is 38.9 Å². The van der Waals surface area contributed by atoms with E-state index in [9.17, 15) is 0 Å². The maximum atomic E-state index is 5.13. The monoisotopic (exact) mass is 778 g/mol. The zero-order chi connectivity index (χ0) is 40.7. The third-order valence-electron chi connectivity index (χ3n) is 12.8. The molecule has 0 saturated carbocycles. The Balaban J connectivity index is 0.925. The Hall–Kier alpha value is -7.82.